The van der Waals surface area contributed by atoms with Gasteiger partial charge < -0.3 is 14.5 Å². The Balaban J connectivity index is 1.71. The fraction of sp³-hybridized carbons (Fsp3) is 0.263. The first-order chi connectivity index (χ1) is 12.1. The molecule has 1 N–H and O–H groups in total. The third-order valence-electron chi connectivity index (χ3n) is 3.82. The molecule has 1 heterocycles. The zero-order chi connectivity index (χ0) is 17.8. The molecule has 0 spiro atoms. The van der Waals surface area contributed by atoms with Crippen LogP contribution in [-0.2, 0) is 9.53 Å². The molecule has 0 aliphatic heterocycles. The van der Waals surface area contributed by atoms with E-state index in [9.17, 15) is 9.59 Å². The van der Waals surface area contributed by atoms with Crippen LogP contribution in [0.3, 0.4) is 0 Å². The van der Waals surface area contributed by atoms with Gasteiger partial charge in [-0.15, -0.1) is 0 Å². The van der Waals surface area contributed by atoms with Crippen LogP contribution in [-0.4, -0.2) is 31.4 Å². The summed E-state index contributed by atoms with van der Waals surface area (Å²) in [4.78, 5) is 23.8. The standard InChI is InChI=1S/C19H18BrNO4/c1-2-7-21-10-19(23)24-11-16(22)12-3-5-14-15-6-4-13(20)9-18(15)25-17(14)8-12/h3-6,8-9,21H,2,7,10-11H2,1H3. The van der Waals surface area contributed by atoms with Gasteiger partial charge in [-0.2, -0.15) is 0 Å². The molecule has 25 heavy (non-hydrogen) atoms. The number of benzene rings is 2. The van der Waals surface area contributed by atoms with E-state index in [0.29, 0.717) is 11.1 Å². The van der Waals surface area contributed by atoms with Gasteiger partial charge in [-0.25, -0.2) is 0 Å². The lowest BCUT2D eigenvalue weighted by molar-refractivity contribution is -0.141. The number of rotatable bonds is 7. The summed E-state index contributed by atoms with van der Waals surface area (Å²) in [5.41, 5.74) is 1.84. The lowest BCUT2D eigenvalue weighted by Crippen LogP contribution is -2.27. The topological polar surface area (TPSA) is 68.5 Å². The molecule has 0 aliphatic rings. The van der Waals surface area contributed by atoms with Gasteiger partial charge in [-0.1, -0.05) is 28.9 Å². The van der Waals surface area contributed by atoms with Gasteiger partial charge in [-0.3, -0.25) is 9.59 Å². The van der Waals surface area contributed by atoms with E-state index < -0.39 is 5.97 Å². The summed E-state index contributed by atoms with van der Waals surface area (Å²) in [7, 11) is 0. The second-order valence-corrected chi connectivity index (χ2v) is 6.63. The van der Waals surface area contributed by atoms with Crippen LogP contribution in [0.25, 0.3) is 21.9 Å². The third-order valence-corrected chi connectivity index (χ3v) is 4.31. The van der Waals surface area contributed by atoms with Crippen LogP contribution in [0.15, 0.2) is 45.3 Å². The summed E-state index contributed by atoms with van der Waals surface area (Å²) < 4.78 is 11.7. The lowest BCUT2D eigenvalue weighted by atomic mass is 10.1. The number of ether oxygens (including phenoxy) is 1. The molecule has 0 radical (unpaired) electrons. The van der Waals surface area contributed by atoms with Gasteiger partial charge in [0, 0.05) is 20.8 Å². The number of carbonyl (C=O) groups excluding carboxylic acids is 2. The van der Waals surface area contributed by atoms with Crippen molar-refractivity contribution in [3.63, 3.8) is 0 Å². The molecule has 0 saturated carbocycles. The molecule has 0 saturated heterocycles. The highest BCUT2D eigenvalue weighted by molar-refractivity contribution is 9.10. The Morgan fingerprint density at radius 3 is 2.60 bits per heavy atom. The number of nitrogens with one attached hydrogen (secondary N) is 1. The van der Waals surface area contributed by atoms with Crippen molar-refractivity contribution in [2.75, 3.05) is 19.7 Å². The van der Waals surface area contributed by atoms with Crippen LogP contribution in [0, 0.1) is 0 Å². The van der Waals surface area contributed by atoms with Crippen molar-refractivity contribution in [1.29, 1.82) is 0 Å². The minimum Gasteiger partial charge on any atom is -0.456 e. The van der Waals surface area contributed by atoms with Crippen LogP contribution in [0.1, 0.15) is 23.7 Å². The normalized spacial score (nSPS) is 11.1. The highest BCUT2D eigenvalue weighted by Gasteiger charge is 2.13. The fourth-order valence-electron chi connectivity index (χ4n) is 2.57. The number of Topliss-reactive ketones (excluding diaryl/α,β-unsaturated/α-hetero) is 1. The molecule has 0 aliphatic carbocycles. The molecule has 3 aromatic rings. The first-order valence-corrected chi connectivity index (χ1v) is 8.89. The fourth-order valence-corrected chi connectivity index (χ4v) is 2.91. The Labute approximate surface area is 153 Å². The van der Waals surface area contributed by atoms with Crippen molar-refractivity contribution in [1.82, 2.24) is 5.32 Å². The average Bonchev–Trinajstić information content (AvgIpc) is 2.96. The van der Waals surface area contributed by atoms with Gasteiger partial charge in [0.15, 0.2) is 12.4 Å². The molecule has 130 valence electrons. The van der Waals surface area contributed by atoms with Gasteiger partial charge in [0.1, 0.15) is 11.2 Å². The van der Waals surface area contributed by atoms with E-state index in [4.69, 9.17) is 9.15 Å². The van der Waals surface area contributed by atoms with Crippen molar-refractivity contribution in [3.05, 3.63) is 46.4 Å². The summed E-state index contributed by atoms with van der Waals surface area (Å²) >= 11 is 3.42. The van der Waals surface area contributed by atoms with Crippen LogP contribution < -0.4 is 5.32 Å². The van der Waals surface area contributed by atoms with Crippen molar-refractivity contribution < 1.29 is 18.7 Å². The zero-order valence-electron chi connectivity index (χ0n) is 13.8. The summed E-state index contributed by atoms with van der Waals surface area (Å²) in [6.07, 6.45) is 0.931. The second kappa shape index (κ2) is 7.80. The van der Waals surface area contributed by atoms with Gasteiger partial charge in [0.25, 0.3) is 0 Å². The van der Waals surface area contributed by atoms with E-state index in [1.54, 1.807) is 12.1 Å². The van der Waals surface area contributed by atoms with Crippen molar-refractivity contribution in [3.8, 4) is 0 Å². The van der Waals surface area contributed by atoms with E-state index >= 15 is 0 Å². The van der Waals surface area contributed by atoms with Crippen molar-refractivity contribution in [2.24, 2.45) is 0 Å². The number of ketones is 1. The molecule has 0 bridgehead atoms. The maximum absolute atomic E-state index is 12.2. The molecule has 0 atom stereocenters. The molecule has 2 aromatic carbocycles. The zero-order valence-corrected chi connectivity index (χ0v) is 15.4. The van der Waals surface area contributed by atoms with Crippen molar-refractivity contribution in [2.45, 2.75) is 13.3 Å². The number of esters is 1. The van der Waals surface area contributed by atoms with Crippen molar-refractivity contribution >= 4 is 49.6 Å². The minimum atomic E-state index is -0.434. The second-order valence-electron chi connectivity index (χ2n) is 5.71. The van der Waals surface area contributed by atoms with E-state index in [1.165, 1.54) is 0 Å². The van der Waals surface area contributed by atoms with Crippen LogP contribution in [0.2, 0.25) is 0 Å². The summed E-state index contributed by atoms with van der Waals surface area (Å²) in [6.45, 7) is 2.58. The van der Waals surface area contributed by atoms with E-state index in [-0.39, 0.29) is 18.9 Å². The maximum atomic E-state index is 12.2. The molecule has 0 unspecified atom stereocenters. The Kier molecular flexibility index (Phi) is 5.50. The number of hydrogen-bond donors (Lipinski definition) is 1. The monoisotopic (exact) mass is 403 g/mol. The highest BCUT2D eigenvalue weighted by atomic mass is 79.9. The maximum Gasteiger partial charge on any atom is 0.320 e. The number of hydrogen-bond acceptors (Lipinski definition) is 5. The molecule has 0 fully saturated rings. The number of halogens is 1. The molecule has 1 aromatic heterocycles. The Bertz CT molecular complexity index is 932. The van der Waals surface area contributed by atoms with Crippen LogP contribution in [0.5, 0.6) is 0 Å². The Morgan fingerprint density at radius 1 is 1.12 bits per heavy atom. The van der Waals surface area contributed by atoms with Gasteiger partial charge in [-0.05, 0) is 43.3 Å². The van der Waals surface area contributed by atoms with Gasteiger partial charge in [0.05, 0.1) is 6.54 Å². The van der Waals surface area contributed by atoms with E-state index in [1.807, 2.05) is 31.2 Å². The first kappa shape index (κ1) is 17.6. The van der Waals surface area contributed by atoms with Gasteiger partial charge >= 0.3 is 5.97 Å². The molecular weight excluding hydrogens is 386 g/mol. The molecule has 0 amide bonds. The molecular formula is C19H18BrNO4. The molecule has 6 heteroatoms. The SMILES string of the molecule is CCCNCC(=O)OCC(=O)c1ccc2c(c1)oc1cc(Br)ccc12. The van der Waals surface area contributed by atoms with E-state index in [0.717, 1.165) is 33.8 Å². The van der Waals surface area contributed by atoms with Crippen LogP contribution >= 0.6 is 15.9 Å². The van der Waals surface area contributed by atoms with Gasteiger partial charge in [0.2, 0.25) is 0 Å². The average molecular weight is 404 g/mol. The highest BCUT2D eigenvalue weighted by Crippen LogP contribution is 2.31. The Hall–Kier alpha value is -2.18. The number of furan rings is 1. The van der Waals surface area contributed by atoms with E-state index in [2.05, 4.69) is 21.2 Å². The quantitative estimate of drug-likeness (QED) is 0.365. The minimum absolute atomic E-state index is 0.110. The smallest absolute Gasteiger partial charge is 0.320 e. The first-order valence-electron chi connectivity index (χ1n) is 8.10. The molecule has 3 rings (SSSR count). The molecule has 5 nitrogen and oxygen atoms in total. The lowest BCUT2D eigenvalue weighted by Gasteiger charge is -2.05. The predicted molar refractivity (Wildman–Crippen MR) is 99.9 cm³/mol. The number of fused-ring (bicyclic) bond motifs is 3. The largest absolute Gasteiger partial charge is 0.456 e. The predicted octanol–water partition coefficient (Wildman–Crippen LogP) is 4.07. The third kappa shape index (κ3) is 4.08. The summed E-state index contributed by atoms with van der Waals surface area (Å²) in [5, 5.41) is 4.87. The summed E-state index contributed by atoms with van der Waals surface area (Å²) in [6, 6.07) is 11.1. The number of carbonyl (C=O) groups is 2. The summed E-state index contributed by atoms with van der Waals surface area (Å²) in [5.74, 6) is -0.691. The Morgan fingerprint density at radius 2 is 1.84 bits per heavy atom. The van der Waals surface area contributed by atoms with Crippen LogP contribution in [0.4, 0.5) is 0 Å².